The van der Waals surface area contributed by atoms with E-state index in [0.717, 1.165) is 0 Å². The van der Waals surface area contributed by atoms with Crippen molar-refractivity contribution in [3.8, 4) is 0 Å². The van der Waals surface area contributed by atoms with Crippen LogP contribution in [0.1, 0.15) is 6.42 Å². The van der Waals surface area contributed by atoms with Crippen molar-refractivity contribution in [3.63, 3.8) is 0 Å². The van der Waals surface area contributed by atoms with Gasteiger partial charge in [-0.25, -0.2) is 0 Å². The number of carbonyl (C=O) groups is 2. The van der Waals surface area contributed by atoms with Crippen LogP contribution in [0.4, 0.5) is 0 Å². The van der Waals surface area contributed by atoms with Gasteiger partial charge in [0.2, 0.25) is 0 Å². The molecule has 0 aliphatic carbocycles. The molecule has 0 spiro atoms. The molecule has 0 aliphatic rings. The summed E-state index contributed by atoms with van der Waals surface area (Å²) >= 11 is 0. The number of hydrogen-bond acceptors (Lipinski definition) is 6. The van der Waals surface area contributed by atoms with Crippen LogP contribution in [0.5, 0.6) is 0 Å². The maximum absolute atomic E-state index is 10.4. The Hall–Kier alpha value is 0.0200. The van der Waals surface area contributed by atoms with Crippen molar-refractivity contribution in [1.82, 2.24) is 0 Å². The third-order valence-electron chi connectivity index (χ3n) is 1.25. The van der Waals surface area contributed by atoms with Gasteiger partial charge in [-0.15, -0.1) is 0 Å². The first-order valence-electron chi connectivity index (χ1n) is 3.20. The Balaban J connectivity index is 0. The van der Waals surface area contributed by atoms with Gasteiger partial charge in [-0.1, -0.05) is 0 Å². The van der Waals surface area contributed by atoms with Gasteiger partial charge in [0.1, 0.15) is 12.1 Å². The molecule has 0 aromatic heterocycles. The number of hydrogen-bond donors (Lipinski definition) is 3. The van der Waals surface area contributed by atoms with Gasteiger partial charge >= 0.3 is 29.6 Å². The summed E-state index contributed by atoms with van der Waals surface area (Å²) in [4.78, 5) is 20.2. The molecule has 0 saturated carbocycles. The summed E-state index contributed by atoms with van der Waals surface area (Å²) in [6, 6.07) is 0. The zero-order chi connectivity index (χ0) is 9.72. The topological polar surface area (TPSA) is 118 Å². The Bertz CT molecular complexity index is 182. The van der Waals surface area contributed by atoms with Crippen molar-refractivity contribution >= 4 is 11.8 Å². The minimum Gasteiger partial charge on any atom is -0.542 e. The van der Waals surface area contributed by atoms with E-state index < -0.39 is 37.0 Å². The number of aliphatic hydroxyl groups excluding tert-OH is 3. The number of aliphatic hydroxyl groups is 3. The molecular weight excluding hydrogens is 191 g/mol. The van der Waals surface area contributed by atoms with Gasteiger partial charge in [0.25, 0.3) is 0 Å². The van der Waals surface area contributed by atoms with E-state index in [-0.39, 0.29) is 29.6 Å². The quantitative estimate of drug-likeness (QED) is 0.300. The minimum absolute atomic E-state index is 0. The zero-order valence-corrected chi connectivity index (χ0v) is 9.14. The standard InChI is InChI=1S/C6H10O6.Na/c7-2-5(10)3(8)1-4(9)6(11)12;/h3,5,7-8,10H,1-2H2,(H,11,12);/q;+1/p-1/t3-,5+;/m0./s1. The second-order valence-electron chi connectivity index (χ2n) is 2.23. The van der Waals surface area contributed by atoms with Crippen LogP contribution < -0.4 is 34.7 Å². The fraction of sp³-hybridized carbons (Fsp3) is 0.667. The second kappa shape index (κ2) is 7.43. The first-order chi connectivity index (χ1) is 5.49. The summed E-state index contributed by atoms with van der Waals surface area (Å²) in [5, 5.41) is 35.6. The van der Waals surface area contributed by atoms with Gasteiger partial charge in [-0.2, -0.15) is 0 Å². The predicted octanol–water partition coefficient (Wildman–Crippen LogP) is -6.59. The van der Waals surface area contributed by atoms with Crippen molar-refractivity contribution < 1.29 is 59.6 Å². The Morgan fingerprint density at radius 1 is 1.23 bits per heavy atom. The molecule has 0 aromatic rings. The second-order valence-corrected chi connectivity index (χ2v) is 2.23. The summed E-state index contributed by atoms with van der Waals surface area (Å²) in [5.41, 5.74) is 0. The average Bonchev–Trinajstić information content (AvgIpc) is 2.02. The smallest absolute Gasteiger partial charge is 0.542 e. The maximum Gasteiger partial charge on any atom is 1.00 e. The van der Waals surface area contributed by atoms with Crippen LogP contribution >= 0.6 is 0 Å². The maximum atomic E-state index is 10.4. The van der Waals surface area contributed by atoms with E-state index in [9.17, 15) is 14.7 Å². The number of aliphatic carboxylic acids is 1. The molecule has 0 rings (SSSR count). The molecule has 0 heterocycles. The Labute approximate surface area is 96.5 Å². The molecule has 0 saturated heterocycles. The third kappa shape index (κ3) is 6.14. The molecule has 0 unspecified atom stereocenters. The number of carboxylic acids is 1. The minimum atomic E-state index is -1.92. The van der Waals surface area contributed by atoms with Crippen LogP contribution in [0.15, 0.2) is 0 Å². The van der Waals surface area contributed by atoms with E-state index in [1.54, 1.807) is 0 Å². The van der Waals surface area contributed by atoms with Crippen molar-refractivity contribution in [3.05, 3.63) is 0 Å². The normalized spacial score (nSPS) is 14.1. The number of Topliss-reactive ketones (excluding diaryl/α,β-unsaturated/α-hetero) is 1. The first kappa shape index (κ1) is 15.5. The number of carboxylic acid groups (broad SMARTS) is 1. The molecular formula is C6H9NaO6. The van der Waals surface area contributed by atoms with E-state index in [2.05, 4.69) is 0 Å². The molecule has 13 heavy (non-hydrogen) atoms. The summed E-state index contributed by atoms with van der Waals surface area (Å²) in [7, 11) is 0. The largest absolute Gasteiger partial charge is 1.00 e. The predicted molar refractivity (Wildman–Crippen MR) is 33.7 cm³/mol. The van der Waals surface area contributed by atoms with Crippen molar-refractivity contribution in [2.24, 2.45) is 0 Å². The van der Waals surface area contributed by atoms with Crippen molar-refractivity contribution in [1.29, 1.82) is 0 Å². The van der Waals surface area contributed by atoms with Crippen LogP contribution in [0.25, 0.3) is 0 Å². The number of rotatable bonds is 5. The van der Waals surface area contributed by atoms with Gasteiger partial charge in [0.15, 0.2) is 5.78 Å². The van der Waals surface area contributed by atoms with Gasteiger partial charge in [0.05, 0.1) is 12.7 Å². The number of carbonyl (C=O) groups excluding carboxylic acids is 2. The van der Waals surface area contributed by atoms with Crippen LogP contribution in [-0.4, -0.2) is 45.9 Å². The summed E-state index contributed by atoms with van der Waals surface area (Å²) < 4.78 is 0. The van der Waals surface area contributed by atoms with Crippen LogP contribution in [0.2, 0.25) is 0 Å². The third-order valence-corrected chi connectivity index (χ3v) is 1.25. The molecule has 0 amide bonds. The summed E-state index contributed by atoms with van der Waals surface area (Å²) in [5.74, 6) is -3.23. The van der Waals surface area contributed by atoms with Crippen LogP contribution in [0, 0.1) is 0 Å². The molecule has 2 atom stereocenters. The van der Waals surface area contributed by atoms with Crippen molar-refractivity contribution in [2.75, 3.05) is 6.61 Å². The molecule has 0 aliphatic heterocycles. The van der Waals surface area contributed by atoms with Crippen LogP contribution in [-0.2, 0) is 9.59 Å². The molecule has 0 aromatic carbocycles. The molecule has 6 nitrogen and oxygen atoms in total. The molecule has 0 bridgehead atoms. The molecule has 70 valence electrons. The van der Waals surface area contributed by atoms with Gasteiger partial charge < -0.3 is 25.2 Å². The van der Waals surface area contributed by atoms with E-state index in [4.69, 9.17) is 15.3 Å². The van der Waals surface area contributed by atoms with Gasteiger partial charge in [-0.05, 0) is 0 Å². The van der Waals surface area contributed by atoms with Gasteiger partial charge in [0, 0.05) is 6.42 Å². The van der Waals surface area contributed by atoms with Crippen molar-refractivity contribution in [2.45, 2.75) is 18.6 Å². The molecule has 7 heteroatoms. The Kier molecular flexibility index (Phi) is 8.85. The fourth-order valence-electron chi connectivity index (χ4n) is 0.531. The molecule has 0 radical (unpaired) electrons. The molecule has 0 fully saturated rings. The summed E-state index contributed by atoms with van der Waals surface area (Å²) in [6.45, 7) is -0.735. The molecule has 3 N–H and O–H groups in total. The zero-order valence-electron chi connectivity index (χ0n) is 7.14. The monoisotopic (exact) mass is 200 g/mol. The van der Waals surface area contributed by atoms with Crippen LogP contribution in [0.3, 0.4) is 0 Å². The Morgan fingerprint density at radius 3 is 2.00 bits per heavy atom. The van der Waals surface area contributed by atoms with Gasteiger partial charge in [-0.3, -0.25) is 4.79 Å². The Morgan fingerprint density at radius 2 is 1.69 bits per heavy atom. The average molecular weight is 200 g/mol. The van der Waals surface area contributed by atoms with E-state index in [1.165, 1.54) is 0 Å². The first-order valence-corrected chi connectivity index (χ1v) is 3.20. The van der Waals surface area contributed by atoms with E-state index in [0.29, 0.717) is 0 Å². The van der Waals surface area contributed by atoms with E-state index in [1.807, 2.05) is 0 Å². The van der Waals surface area contributed by atoms with E-state index >= 15 is 0 Å². The fourth-order valence-corrected chi connectivity index (χ4v) is 0.531. The summed E-state index contributed by atoms with van der Waals surface area (Å²) in [6.07, 6.45) is -3.84. The number of ketones is 1. The SMILES string of the molecule is O=C([O-])C(=O)C[C@H](O)[C@H](O)CO.[Na+].